The molecule has 6 fully saturated rings. The number of aliphatic hydroxyl groups is 5. The van der Waals surface area contributed by atoms with Gasteiger partial charge in [0, 0.05) is 6.61 Å². The topological polar surface area (TPSA) is 138 Å². The van der Waals surface area contributed by atoms with Crippen molar-refractivity contribution in [3.8, 4) is 0 Å². The predicted molar refractivity (Wildman–Crippen MR) is 87.2 cm³/mol. The minimum atomic E-state index is -1.40. The van der Waals surface area contributed by atoms with Gasteiger partial charge in [-0.15, -0.1) is 0 Å². The maximum Gasteiger partial charge on any atom is 0.187 e. The Morgan fingerprint density at radius 3 is 2.23 bits per heavy atom. The van der Waals surface area contributed by atoms with E-state index in [-0.39, 0.29) is 0 Å². The summed E-state index contributed by atoms with van der Waals surface area (Å²) in [4.78, 5) is 0. The molecule has 0 aliphatic carbocycles. The molecular formula is C17H30O9. The van der Waals surface area contributed by atoms with Gasteiger partial charge in [-0.25, -0.2) is 0 Å². The van der Waals surface area contributed by atoms with Gasteiger partial charge in [-0.1, -0.05) is 6.92 Å². The maximum absolute atomic E-state index is 10.5. The molecule has 10 atom stereocenters. The Balaban J connectivity index is 1.87. The van der Waals surface area contributed by atoms with Crippen LogP contribution in [-0.4, -0.2) is 100.0 Å². The summed E-state index contributed by atoms with van der Waals surface area (Å²) in [7, 11) is 0. The largest absolute Gasteiger partial charge is 0.394 e. The summed E-state index contributed by atoms with van der Waals surface area (Å²) in [5.41, 5.74) is 0. The number of aliphatic hydroxyl groups excluding tert-OH is 5. The average Bonchev–Trinajstić information content (AvgIpc) is 2.64. The molecule has 0 aromatic carbocycles. The van der Waals surface area contributed by atoms with Crippen molar-refractivity contribution in [3.63, 3.8) is 0 Å². The lowest BCUT2D eigenvalue weighted by atomic mass is 9.91. The summed E-state index contributed by atoms with van der Waals surface area (Å²) >= 11 is 0. The first-order valence-electron chi connectivity index (χ1n) is 9.39. The highest BCUT2D eigenvalue weighted by molar-refractivity contribution is 4.96. The van der Waals surface area contributed by atoms with E-state index in [1.807, 2.05) is 6.92 Å². The molecule has 6 rings (SSSR count). The first-order valence-corrected chi connectivity index (χ1v) is 9.39. The molecule has 152 valence electrons. The lowest BCUT2D eigenvalue weighted by Gasteiger charge is -2.47. The lowest BCUT2D eigenvalue weighted by Crippen LogP contribution is -2.64. The van der Waals surface area contributed by atoms with Crippen molar-refractivity contribution in [2.24, 2.45) is 0 Å². The molecule has 6 heterocycles. The van der Waals surface area contributed by atoms with Gasteiger partial charge in [0.2, 0.25) is 0 Å². The van der Waals surface area contributed by atoms with Gasteiger partial charge in [-0.2, -0.15) is 0 Å². The average molecular weight is 378 g/mol. The van der Waals surface area contributed by atoms with E-state index in [0.717, 1.165) is 0 Å². The van der Waals surface area contributed by atoms with E-state index in [0.29, 0.717) is 32.3 Å². The third-order valence-corrected chi connectivity index (χ3v) is 5.49. The molecule has 0 amide bonds. The van der Waals surface area contributed by atoms with Crippen molar-refractivity contribution >= 4 is 0 Å². The van der Waals surface area contributed by atoms with Gasteiger partial charge in [-0.3, -0.25) is 0 Å². The van der Waals surface area contributed by atoms with E-state index in [1.54, 1.807) is 0 Å². The van der Waals surface area contributed by atoms with E-state index < -0.39 is 67.8 Å². The molecule has 0 saturated carbocycles. The van der Waals surface area contributed by atoms with Gasteiger partial charge in [-0.05, 0) is 25.7 Å². The molecule has 6 aliphatic rings. The predicted octanol–water partition coefficient (Wildman–Crippen LogP) is -1.72. The van der Waals surface area contributed by atoms with E-state index in [1.165, 1.54) is 0 Å². The quantitative estimate of drug-likeness (QED) is 0.380. The second-order valence-corrected chi connectivity index (χ2v) is 7.24. The lowest BCUT2D eigenvalue weighted by molar-refractivity contribution is -0.344. The zero-order valence-corrected chi connectivity index (χ0v) is 14.9. The Hall–Kier alpha value is -0.360. The summed E-state index contributed by atoms with van der Waals surface area (Å²) in [6, 6.07) is 0. The molecular weight excluding hydrogens is 348 g/mol. The first kappa shape index (κ1) is 20.4. The Morgan fingerprint density at radius 1 is 0.808 bits per heavy atom. The second-order valence-electron chi connectivity index (χ2n) is 7.24. The third kappa shape index (κ3) is 3.91. The SMILES string of the molecule is CCC1OC2OC3C(CO)OC(CCCCOC1C(O)C2O)C(O)C3O. The normalized spacial score (nSPS) is 50.5. The van der Waals surface area contributed by atoms with Gasteiger partial charge in [0.05, 0.1) is 18.8 Å². The van der Waals surface area contributed by atoms with Crippen molar-refractivity contribution in [2.75, 3.05) is 13.2 Å². The number of hydrogen-bond donors (Lipinski definition) is 5. The number of hydrogen-bond acceptors (Lipinski definition) is 9. The number of rotatable bonds is 2. The highest BCUT2D eigenvalue weighted by atomic mass is 16.7. The fourth-order valence-electron chi connectivity index (χ4n) is 3.94. The summed E-state index contributed by atoms with van der Waals surface area (Å²) in [6.07, 6.45) is -7.74. The van der Waals surface area contributed by atoms with Gasteiger partial charge >= 0.3 is 0 Å². The first-order chi connectivity index (χ1) is 12.5. The molecule has 0 spiro atoms. The van der Waals surface area contributed by atoms with E-state index in [9.17, 15) is 25.5 Å². The summed E-state index contributed by atoms with van der Waals surface area (Å²) in [5.74, 6) is 0. The second kappa shape index (κ2) is 8.76. The zero-order valence-electron chi connectivity index (χ0n) is 14.9. The Labute approximate surface area is 152 Å². The van der Waals surface area contributed by atoms with Crippen LogP contribution in [0.5, 0.6) is 0 Å². The Bertz CT molecular complexity index is 446. The molecule has 4 bridgehead atoms. The van der Waals surface area contributed by atoms with E-state index >= 15 is 0 Å². The van der Waals surface area contributed by atoms with Crippen LogP contribution in [-0.2, 0) is 18.9 Å². The minimum Gasteiger partial charge on any atom is -0.394 e. The number of ether oxygens (including phenoxy) is 4. The summed E-state index contributed by atoms with van der Waals surface area (Å²) in [5, 5.41) is 51.3. The Morgan fingerprint density at radius 2 is 1.54 bits per heavy atom. The van der Waals surface area contributed by atoms with Crippen LogP contribution in [0.3, 0.4) is 0 Å². The van der Waals surface area contributed by atoms with Crippen LogP contribution in [0.4, 0.5) is 0 Å². The fourth-order valence-corrected chi connectivity index (χ4v) is 3.94. The van der Waals surface area contributed by atoms with Gasteiger partial charge in [0.25, 0.3) is 0 Å². The molecule has 9 heteroatoms. The molecule has 0 aromatic rings. The molecule has 6 saturated heterocycles. The molecule has 0 radical (unpaired) electrons. The van der Waals surface area contributed by atoms with Crippen molar-refractivity contribution in [1.29, 1.82) is 0 Å². The van der Waals surface area contributed by atoms with Gasteiger partial charge in [0.1, 0.15) is 42.7 Å². The monoisotopic (exact) mass is 378 g/mol. The van der Waals surface area contributed by atoms with Crippen LogP contribution in [0.25, 0.3) is 0 Å². The van der Waals surface area contributed by atoms with Gasteiger partial charge in [0.15, 0.2) is 6.29 Å². The minimum absolute atomic E-state index is 0.358. The highest BCUT2D eigenvalue weighted by Crippen LogP contribution is 2.32. The smallest absolute Gasteiger partial charge is 0.187 e. The molecule has 5 N–H and O–H groups in total. The van der Waals surface area contributed by atoms with Crippen LogP contribution >= 0.6 is 0 Å². The van der Waals surface area contributed by atoms with Gasteiger partial charge < -0.3 is 44.5 Å². The van der Waals surface area contributed by atoms with Crippen LogP contribution in [0, 0.1) is 0 Å². The molecule has 9 nitrogen and oxygen atoms in total. The zero-order chi connectivity index (χ0) is 18.8. The van der Waals surface area contributed by atoms with E-state index in [4.69, 9.17) is 18.9 Å². The molecule has 10 unspecified atom stereocenters. The maximum atomic E-state index is 10.5. The van der Waals surface area contributed by atoms with Crippen molar-refractivity contribution in [1.82, 2.24) is 0 Å². The standard InChI is InChI=1S/C17H30O9/c1-2-8-15-13(21)14(22)17(25-8)26-16-10(7-18)24-9(11(19)12(16)20)5-3-4-6-23-15/h8-22H,2-7H2,1H3. The van der Waals surface area contributed by atoms with E-state index in [2.05, 4.69) is 0 Å². The fraction of sp³-hybridized carbons (Fsp3) is 1.00. The Kier molecular flexibility index (Phi) is 6.87. The highest BCUT2D eigenvalue weighted by Gasteiger charge is 2.50. The van der Waals surface area contributed by atoms with Crippen LogP contribution in [0.15, 0.2) is 0 Å². The van der Waals surface area contributed by atoms with Crippen molar-refractivity contribution in [3.05, 3.63) is 0 Å². The molecule has 0 aromatic heterocycles. The van der Waals surface area contributed by atoms with Crippen LogP contribution in [0.1, 0.15) is 32.6 Å². The third-order valence-electron chi connectivity index (χ3n) is 5.49. The molecule has 26 heavy (non-hydrogen) atoms. The van der Waals surface area contributed by atoms with Crippen LogP contribution < -0.4 is 0 Å². The summed E-state index contributed by atoms with van der Waals surface area (Å²) < 4.78 is 22.9. The summed E-state index contributed by atoms with van der Waals surface area (Å²) in [6.45, 7) is 1.81. The molecule has 6 aliphatic heterocycles. The van der Waals surface area contributed by atoms with Crippen LogP contribution in [0.2, 0.25) is 0 Å². The van der Waals surface area contributed by atoms with Crippen molar-refractivity contribution in [2.45, 2.75) is 93.8 Å². The van der Waals surface area contributed by atoms with Crippen molar-refractivity contribution < 1.29 is 44.5 Å².